The Kier molecular flexibility index (Phi) is 25.3. The van der Waals surface area contributed by atoms with Crippen LogP contribution in [0.4, 0.5) is 69.9 Å². The second-order valence-corrected chi connectivity index (χ2v) is 28.1. The Labute approximate surface area is 688 Å². The summed E-state index contributed by atoms with van der Waals surface area (Å²) in [5.41, 5.74) is 36.0. The monoisotopic (exact) mass is 1610 g/mol. The predicted octanol–water partition coefficient (Wildman–Crippen LogP) is 17.4. The fourth-order valence-electron chi connectivity index (χ4n) is 11.5. The van der Waals surface area contributed by atoms with Crippen LogP contribution in [0.3, 0.4) is 0 Å². The van der Waals surface area contributed by atoms with Gasteiger partial charge in [0.1, 0.15) is 52.1 Å². The van der Waals surface area contributed by atoms with Crippen LogP contribution in [0.2, 0.25) is 0 Å². The first-order valence-corrected chi connectivity index (χ1v) is 38.9. The number of aromatic amines is 4. The summed E-state index contributed by atoms with van der Waals surface area (Å²) in [6.45, 7) is 14.5. The lowest BCUT2D eigenvalue weighted by atomic mass is 10.1. The van der Waals surface area contributed by atoms with Gasteiger partial charge >= 0.3 is 0 Å². The first-order chi connectivity index (χ1) is 57.7. The smallest absolute Gasteiger partial charge is 0.246 e. The molecular formula is C85H84N28O5S. The molecule has 8 aromatic carbocycles. The van der Waals surface area contributed by atoms with Gasteiger partial charge < -0.3 is 67.9 Å². The van der Waals surface area contributed by atoms with Crippen molar-refractivity contribution in [2.45, 2.75) is 72.9 Å². The third kappa shape index (κ3) is 23.1. The van der Waals surface area contributed by atoms with Gasteiger partial charge in [-0.25, -0.2) is 15.0 Å². The Morgan fingerprint density at radius 1 is 0.370 bits per heavy atom. The highest BCUT2D eigenvalue weighted by atomic mass is 32.2. The van der Waals surface area contributed by atoms with E-state index in [1.807, 2.05) is 236 Å². The lowest BCUT2D eigenvalue weighted by Crippen LogP contribution is -2.04. The number of nitrogens with one attached hydrogen (secondary N) is 8. The fraction of sp³-hybridized carbons (Fsp3) is 0.153. The minimum absolute atomic E-state index is 0.111. The Balaban J connectivity index is 0.000000130. The summed E-state index contributed by atoms with van der Waals surface area (Å²) in [6, 6.07) is 66.7. The topological polar surface area (TPSA) is 468 Å². The molecule has 0 spiro atoms. The molecule has 8 aromatic heterocycles. The van der Waals surface area contributed by atoms with Crippen LogP contribution in [0.15, 0.2) is 217 Å². The second-order valence-electron chi connectivity index (χ2n) is 27.3. The Morgan fingerprint density at radius 3 is 1.14 bits per heavy atom. The Hall–Kier alpha value is -15.6. The summed E-state index contributed by atoms with van der Waals surface area (Å²) in [6.07, 6.45) is 4.97. The molecule has 0 bridgehead atoms. The first-order valence-electron chi connectivity index (χ1n) is 37.6. The number of anilines is 12. The molecule has 16 aromatic rings. The minimum Gasteiger partial charge on any atom is -0.477 e. The molecule has 8 heterocycles. The van der Waals surface area contributed by atoms with Gasteiger partial charge in [0.05, 0.1) is 12.7 Å². The summed E-state index contributed by atoms with van der Waals surface area (Å²) >= 11 is 1.41. The Morgan fingerprint density at radius 2 is 0.748 bits per heavy atom. The number of thioether (sulfide) groups is 1. The molecule has 17 rings (SSSR count). The molecule has 1 saturated carbocycles. The number of ether oxygens (including phenoxy) is 5. The van der Waals surface area contributed by atoms with E-state index < -0.39 is 0 Å². The van der Waals surface area contributed by atoms with Crippen LogP contribution in [-0.4, -0.2) is 113 Å². The number of aromatic nitrogens is 20. The standard InChI is InChI=1S/C23H23N7O2.C21H21N7OS.C21H21N7O.C20H19N7O/c1-14-3-2-4-17(11-14)25-23-28-21(29-30-23)16-7-9-18(10-8-16)32-20-12-19(26-22(24)27-20)31-13-15-5-6-15;1-12-5-4-6-15(9-12)23-20-26-19(27-28-20)14-7-8-16(13(2)10-14)29-18-11-17(22)24-21(25-18)30-3;1-3-18-24-17(22)12-19(25-18)29-16-9-7-14(8-10-16)20-26-21(28-27-20)23-15-6-4-5-13(2)11-15;1-12-4-3-5-15(10-12)24-20-25-19(26-27-20)14-6-8-16(9-7-14)28-18-11-17(21)22-13(2)23-18/h2-4,7-12,15H,5-6,13H2,1H3,(H2,24,26,27)(H2,25,28,29,30);4-11H,1-3H3,(H2,22,24,25)(H2,23,26,27,28);4-12H,3H2,1-2H3,(H2,22,24,25)(H2,23,26,27,28);3-11H,1-2H3,(H2,21,22,23)(H2,24,25,26,27). The van der Waals surface area contributed by atoms with E-state index in [0.717, 1.165) is 72.8 Å². The van der Waals surface area contributed by atoms with Gasteiger partial charge in [-0.15, -0.1) is 20.4 Å². The quantitative estimate of drug-likeness (QED) is 0.0187. The van der Waals surface area contributed by atoms with Gasteiger partial charge in [-0.2, -0.15) is 44.9 Å². The molecule has 0 radical (unpaired) electrons. The van der Waals surface area contributed by atoms with Crippen molar-refractivity contribution in [3.05, 3.63) is 252 Å². The van der Waals surface area contributed by atoms with Gasteiger partial charge in [-0.1, -0.05) is 67.2 Å². The van der Waals surface area contributed by atoms with Gasteiger partial charge in [0.2, 0.25) is 59.1 Å². The zero-order chi connectivity index (χ0) is 82.7. The van der Waals surface area contributed by atoms with Crippen molar-refractivity contribution in [2.75, 3.05) is 57.1 Å². The zero-order valence-corrected chi connectivity index (χ0v) is 66.8. The van der Waals surface area contributed by atoms with Crippen LogP contribution >= 0.6 is 11.8 Å². The lowest BCUT2D eigenvalue weighted by molar-refractivity contribution is 0.286. The van der Waals surface area contributed by atoms with E-state index >= 15 is 0 Å². The van der Waals surface area contributed by atoms with E-state index in [1.165, 1.54) is 24.6 Å². The summed E-state index contributed by atoms with van der Waals surface area (Å²) in [5, 5.41) is 42.1. The highest BCUT2D eigenvalue weighted by molar-refractivity contribution is 7.98. The summed E-state index contributed by atoms with van der Waals surface area (Å²) in [4.78, 5) is 51.4. The van der Waals surface area contributed by atoms with Crippen molar-refractivity contribution < 1.29 is 23.7 Å². The SMILES string of the molecule is CCc1nc(N)cc(Oc2ccc(-c3nc(Nc4cccc(C)c4)n[nH]3)cc2)n1.CSc1nc(N)cc(Oc2ccc(-c3nc(Nc4cccc(C)c4)n[nH]3)cc2C)n1.Cc1cccc(Nc2n[nH]c(-c3ccc(Oc4cc(N)nc(C)n4)cc3)n2)c1.Cc1cccc(Nc2n[nH]c(-c3ccc(Oc4cc(OCC5CC5)nc(N)n4)cc3)n2)c1. The predicted molar refractivity (Wildman–Crippen MR) is 460 cm³/mol. The van der Waals surface area contributed by atoms with Crippen LogP contribution in [-0.2, 0) is 6.42 Å². The lowest BCUT2D eigenvalue weighted by Gasteiger charge is -2.10. The van der Waals surface area contributed by atoms with E-state index in [-0.39, 0.29) is 5.95 Å². The largest absolute Gasteiger partial charge is 0.477 e. The molecule has 34 heteroatoms. The molecule has 0 amide bonds. The highest BCUT2D eigenvalue weighted by Gasteiger charge is 2.23. The van der Waals surface area contributed by atoms with Gasteiger partial charge in [0.25, 0.3) is 0 Å². The van der Waals surface area contributed by atoms with Crippen molar-refractivity contribution in [2.24, 2.45) is 5.92 Å². The molecule has 0 saturated heterocycles. The van der Waals surface area contributed by atoms with Crippen molar-refractivity contribution >= 4 is 81.7 Å². The molecule has 1 aliphatic carbocycles. The van der Waals surface area contributed by atoms with E-state index in [2.05, 4.69) is 122 Å². The van der Waals surface area contributed by atoms with E-state index in [1.54, 1.807) is 31.2 Å². The number of H-pyrrole nitrogens is 4. The maximum atomic E-state index is 5.92. The van der Waals surface area contributed by atoms with Gasteiger partial charge in [-0.05, 0) is 234 Å². The fourth-order valence-corrected chi connectivity index (χ4v) is 11.9. The minimum atomic E-state index is 0.111. The van der Waals surface area contributed by atoms with Gasteiger partial charge in [0.15, 0.2) is 28.5 Å². The molecule has 1 aliphatic rings. The molecule has 0 atom stereocenters. The van der Waals surface area contributed by atoms with Crippen molar-refractivity contribution in [1.82, 2.24) is 101 Å². The maximum Gasteiger partial charge on any atom is 0.246 e. The molecule has 0 unspecified atom stereocenters. The van der Waals surface area contributed by atoms with Crippen LogP contribution in [0.5, 0.6) is 52.4 Å². The normalized spacial score (nSPS) is 11.3. The molecule has 16 N–H and O–H groups in total. The third-order valence-corrected chi connectivity index (χ3v) is 18.0. The maximum absolute atomic E-state index is 5.92. The summed E-state index contributed by atoms with van der Waals surface area (Å²) in [5.74, 6) is 12.3. The molecule has 0 aliphatic heterocycles. The first kappa shape index (κ1) is 80.0. The number of benzene rings is 8. The average Bonchev–Trinajstić information content (AvgIpc) is 1.81. The molecule has 600 valence electrons. The van der Waals surface area contributed by atoms with Crippen LogP contribution in [0.1, 0.15) is 59.2 Å². The number of aryl methyl sites for hydroxylation is 7. The highest BCUT2D eigenvalue weighted by Crippen LogP contribution is 2.35. The number of nitrogen functional groups attached to an aromatic ring is 4. The second kappa shape index (κ2) is 37.6. The summed E-state index contributed by atoms with van der Waals surface area (Å²) in [7, 11) is 0. The number of nitrogens with two attached hydrogens (primary N) is 4. The van der Waals surface area contributed by atoms with E-state index in [9.17, 15) is 0 Å². The number of rotatable bonds is 25. The van der Waals surface area contributed by atoms with Crippen molar-refractivity contribution in [3.63, 3.8) is 0 Å². The van der Waals surface area contributed by atoms with Crippen molar-refractivity contribution in [1.29, 1.82) is 0 Å². The number of hydrogen-bond donors (Lipinski definition) is 12. The van der Waals surface area contributed by atoms with Crippen LogP contribution in [0, 0.1) is 47.5 Å². The Bertz CT molecular complexity index is 6100. The molecule has 119 heavy (non-hydrogen) atoms. The third-order valence-electron chi connectivity index (χ3n) is 17.4. The number of hydrogen-bond acceptors (Lipinski definition) is 30. The number of nitrogens with zero attached hydrogens (tertiary/aromatic N) is 16. The van der Waals surface area contributed by atoms with Gasteiger partial charge in [-0.3, -0.25) is 20.4 Å². The van der Waals surface area contributed by atoms with E-state index in [4.69, 9.17) is 46.6 Å². The van der Waals surface area contributed by atoms with Gasteiger partial charge in [0, 0.05) is 69.6 Å². The van der Waals surface area contributed by atoms with Crippen molar-refractivity contribution in [3.8, 4) is 97.9 Å². The molecule has 33 nitrogen and oxygen atoms in total. The molecule has 1 fully saturated rings. The van der Waals surface area contributed by atoms with E-state index in [0.29, 0.717) is 153 Å². The molecular weight excluding hydrogens is 1530 g/mol. The van der Waals surface area contributed by atoms with Crippen LogP contribution < -0.4 is 67.9 Å². The average molecular weight is 1610 g/mol. The summed E-state index contributed by atoms with van der Waals surface area (Å²) < 4.78 is 29.0. The van der Waals surface area contributed by atoms with Crippen LogP contribution in [0.25, 0.3) is 45.6 Å². The zero-order valence-electron chi connectivity index (χ0n) is 66.0.